The SMILES string of the molecule is O=C(O)[C@@H]1C[C@H](O)[C@H](O)[C@H](O[C@H]2[C@@H](O)[C@H](O)[C@H](O[C@H]3[C@H](O)[C@H](O)[C@H](O[C@H]4[C@H](O)[C@H](O)[C@@H](O)O[C@@H]4C(=O)O)O[C@H]3C(=O)O)O[C@@H]2C(=O)O)O1. The summed E-state index contributed by atoms with van der Waals surface area (Å²) in [6, 6.07) is 0. The minimum absolute atomic E-state index is 0.588. The molecule has 24 heteroatoms. The van der Waals surface area contributed by atoms with E-state index in [2.05, 4.69) is 4.74 Å². The second-order valence-corrected chi connectivity index (χ2v) is 11.2. The van der Waals surface area contributed by atoms with Crippen molar-refractivity contribution < 1.29 is 119 Å². The summed E-state index contributed by atoms with van der Waals surface area (Å²) in [4.78, 5) is 47.1. The van der Waals surface area contributed by atoms with Crippen LogP contribution in [0.1, 0.15) is 6.42 Å². The normalized spacial score (nSPS) is 48.4. The molecule has 0 spiro atoms. The topological polar surface area (TPSA) is 396 Å². The zero-order valence-corrected chi connectivity index (χ0v) is 24.0. The van der Waals surface area contributed by atoms with Gasteiger partial charge in [-0.3, -0.25) is 0 Å². The summed E-state index contributed by atoms with van der Waals surface area (Å²) in [5, 5.41) is 131. The number of aliphatic hydroxyl groups excluding tert-OH is 9. The monoisotopic (exact) mass is 706 g/mol. The molecule has 4 fully saturated rings. The van der Waals surface area contributed by atoms with Crippen LogP contribution in [0.15, 0.2) is 0 Å². The van der Waals surface area contributed by atoms with Gasteiger partial charge in [-0.2, -0.15) is 0 Å². The molecule has 4 saturated heterocycles. The summed E-state index contributed by atoms with van der Waals surface area (Å²) in [6.45, 7) is 0. The Bertz CT molecular complexity index is 1180. The molecule has 4 heterocycles. The number of hydrogen-bond donors (Lipinski definition) is 13. The number of carboxylic acid groups (broad SMARTS) is 4. The molecule has 4 aliphatic heterocycles. The third-order valence-corrected chi connectivity index (χ3v) is 7.96. The average Bonchev–Trinajstić information content (AvgIpc) is 3.01. The number of carbonyl (C=O) groups is 4. The van der Waals surface area contributed by atoms with Crippen LogP contribution in [0.5, 0.6) is 0 Å². The molecule has 0 bridgehead atoms. The molecule has 0 unspecified atom stereocenters. The van der Waals surface area contributed by atoms with Gasteiger partial charge in [-0.15, -0.1) is 0 Å². The van der Waals surface area contributed by atoms with E-state index in [1.165, 1.54) is 0 Å². The first-order valence-electron chi connectivity index (χ1n) is 14.0. The lowest BCUT2D eigenvalue weighted by atomic mass is 9.95. The molecule has 274 valence electrons. The summed E-state index contributed by atoms with van der Waals surface area (Å²) in [5.41, 5.74) is 0. The summed E-state index contributed by atoms with van der Waals surface area (Å²) >= 11 is 0. The van der Waals surface area contributed by atoms with Gasteiger partial charge in [0, 0.05) is 6.42 Å². The second kappa shape index (κ2) is 15.0. The van der Waals surface area contributed by atoms with Crippen LogP contribution in [-0.4, -0.2) is 207 Å². The maximum absolute atomic E-state index is 12.1. The third-order valence-electron chi connectivity index (χ3n) is 7.96. The first-order chi connectivity index (χ1) is 22.3. The van der Waals surface area contributed by atoms with E-state index in [9.17, 15) is 85.6 Å². The van der Waals surface area contributed by atoms with Gasteiger partial charge in [-0.1, -0.05) is 0 Å². The molecule has 19 atom stereocenters. The fourth-order valence-electron chi connectivity index (χ4n) is 5.38. The zero-order chi connectivity index (χ0) is 35.9. The Balaban J connectivity index is 1.51. The maximum atomic E-state index is 12.1. The van der Waals surface area contributed by atoms with Gasteiger partial charge < -0.3 is 99.5 Å². The van der Waals surface area contributed by atoms with Gasteiger partial charge in [0.05, 0.1) is 6.10 Å². The number of ether oxygens (including phenoxy) is 7. The Hall–Kier alpha value is -2.76. The molecule has 4 rings (SSSR count). The molecule has 48 heavy (non-hydrogen) atoms. The second-order valence-electron chi connectivity index (χ2n) is 11.2. The Morgan fingerprint density at radius 3 is 1.17 bits per heavy atom. The van der Waals surface area contributed by atoms with Gasteiger partial charge in [0.25, 0.3) is 0 Å². The highest BCUT2D eigenvalue weighted by molar-refractivity contribution is 5.74. The number of carboxylic acids is 4. The highest BCUT2D eigenvalue weighted by Crippen LogP contribution is 2.34. The molecule has 0 aromatic carbocycles. The Morgan fingerprint density at radius 1 is 0.438 bits per heavy atom. The number of aliphatic carboxylic acids is 4. The molecule has 0 amide bonds. The standard InChI is InChI=1S/C24H34O24/c25-2-1-3(17(33)34)42-22(4(2)26)44-12-6(28)9(31)24(47-15(12)19(37)38)46-13-7(29)10(32)23(48-16(13)20(39)40)45-11-5(27)8(30)21(41)43-14(11)18(35)36/h2-16,21-32,41H,1H2,(H,33,34)(H,35,36)(H,37,38)(H,39,40)/t2-,3-,4-,5+,6-,7+,8-,9-,10-,11-,12-,13-,14-,15-,16+,21-,22-,23+,24+/m0/s1. The fourth-order valence-corrected chi connectivity index (χ4v) is 5.38. The van der Waals surface area contributed by atoms with E-state index in [0.29, 0.717) is 0 Å². The third kappa shape index (κ3) is 7.53. The predicted octanol–water partition coefficient (Wildman–Crippen LogP) is -8.35. The van der Waals surface area contributed by atoms with Crippen LogP contribution in [0.3, 0.4) is 0 Å². The highest BCUT2D eigenvalue weighted by atomic mass is 16.8. The van der Waals surface area contributed by atoms with Crippen LogP contribution >= 0.6 is 0 Å². The van der Waals surface area contributed by atoms with Gasteiger partial charge in [-0.05, 0) is 0 Å². The van der Waals surface area contributed by atoms with E-state index in [0.717, 1.165) is 0 Å². The average molecular weight is 707 g/mol. The number of aliphatic hydroxyl groups is 9. The quantitative estimate of drug-likeness (QED) is 0.100. The molecule has 0 aromatic rings. The van der Waals surface area contributed by atoms with Crippen molar-refractivity contribution in [2.75, 3.05) is 0 Å². The minimum atomic E-state index is -2.41. The van der Waals surface area contributed by atoms with Gasteiger partial charge >= 0.3 is 23.9 Å². The summed E-state index contributed by atoms with van der Waals surface area (Å²) in [7, 11) is 0. The Kier molecular flexibility index (Phi) is 11.9. The molecule has 0 radical (unpaired) electrons. The maximum Gasteiger partial charge on any atom is 0.335 e. The summed E-state index contributed by atoms with van der Waals surface area (Å²) in [5.74, 6) is -7.30. The van der Waals surface area contributed by atoms with Crippen LogP contribution < -0.4 is 0 Å². The number of rotatable bonds is 10. The van der Waals surface area contributed by atoms with Crippen molar-refractivity contribution in [3.63, 3.8) is 0 Å². The van der Waals surface area contributed by atoms with E-state index in [4.69, 9.17) is 28.4 Å². The van der Waals surface area contributed by atoms with Crippen molar-refractivity contribution in [1.29, 1.82) is 0 Å². The smallest absolute Gasteiger partial charge is 0.335 e. The molecule has 13 N–H and O–H groups in total. The van der Waals surface area contributed by atoms with Gasteiger partial charge in [-0.25, -0.2) is 19.2 Å². The van der Waals surface area contributed by atoms with E-state index in [1.807, 2.05) is 0 Å². The lowest BCUT2D eigenvalue weighted by Gasteiger charge is -2.47. The number of hydrogen-bond acceptors (Lipinski definition) is 20. The Labute approximate surface area is 266 Å². The van der Waals surface area contributed by atoms with Crippen LogP contribution in [0.2, 0.25) is 0 Å². The lowest BCUT2D eigenvalue weighted by Crippen LogP contribution is -2.68. The van der Waals surface area contributed by atoms with Crippen LogP contribution in [0.25, 0.3) is 0 Å². The van der Waals surface area contributed by atoms with Crippen LogP contribution in [-0.2, 0) is 52.3 Å². The molecule has 0 aromatic heterocycles. The molecule has 0 aliphatic carbocycles. The molecular weight excluding hydrogens is 672 g/mol. The van der Waals surface area contributed by atoms with Gasteiger partial charge in [0.1, 0.15) is 61.0 Å². The van der Waals surface area contributed by atoms with Crippen molar-refractivity contribution in [3.05, 3.63) is 0 Å². The molecular formula is C24H34O24. The summed E-state index contributed by atoms with van der Waals surface area (Å²) in [6.07, 6.45) is -42.3. The van der Waals surface area contributed by atoms with Crippen LogP contribution in [0.4, 0.5) is 0 Å². The van der Waals surface area contributed by atoms with Crippen molar-refractivity contribution in [2.24, 2.45) is 0 Å². The Morgan fingerprint density at radius 2 is 0.792 bits per heavy atom. The zero-order valence-electron chi connectivity index (χ0n) is 24.0. The highest BCUT2D eigenvalue weighted by Gasteiger charge is 2.57. The van der Waals surface area contributed by atoms with Crippen molar-refractivity contribution in [1.82, 2.24) is 0 Å². The first-order valence-corrected chi connectivity index (χ1v) is 14.0. The first kappa shape index (κ1) is 38.0. The largest absolute Gasteiger partial charge is 0.479 e. The minimum Gasteiger partial charge on any atom is -0.479 e. The molecule has 24 nitrogen and oxygen atoms in total. The van der Waals surface area contributed by atoms with Crippen molar-refractivity contribution in [3.8, 4) is 0 Å². The molecule has 0 saturated carbocycles. The summed E-state index contributed by atoms with van der Waals surface area (Å²) < 4.78 is 35.6. The van der Waals surface area contributed by atoms with Gasteiger partial charge in [0.2, 0.25) is 0 Å². The predicted molar refractivity (Wildman–Crippen MR) is 135 cm³/mol. The lowest BCUT2D eigenvalue weighted by molar-refractivity contribution is -0.376. The molecule has 4 aliphatic rings. The fraction of sp³-hybridized carbons (Fsp3) is 0.833. The van der Waals surface area contributed by atoms with E-state index < -0.39 is 147 Å². The van der Waals surface area contributed by atoms with Gasteiger partial charge in [0.15, 0.2) is 49.6 Å². The van der Waals surface area contributed by atoms with Crippen molar-refractivity contribution in [2.45, 2.75) is 123 Å². The van der Waals surface area contributed by atoms with E-state index in [-0.39, 0.29) is 0 Å². The van der Waals surface area contributed by atoms with Crippen LogP contribution in [0, 0.1) is 0 Å². The van der Waals surface area contributed by atoms with E-state index >= 15 is 0 Å². The van der Waals surface area contributed by atoms with E-state index in [1.54, 1.807) is 0 Å². The van der Waals surface area contributed by atoms with Crippen molar-refractivity contribution >= 4 is 23.9 Å².